The minimum absolute atomic E-state index is 0.178. The van der Waals surface area contributed by atoms with Crippen LogP contribution in [0.1, 0.15) is 66.9 Å². The van der Waals surface area contributed by atoms with E-state index in [1.54, 1.807) is 23.6 Å². The zero-order valence-electron chi connectivity index (χ0n) is 24.0. The Morgan fingerprint density at radius 3 is 2.60 bits per heavy atom. The molecule has 2 atom stereocenters. The van der Waals surface area contributed by atoms with Gasteiger partial charge in [-0.3, -0.25) is 14.7 Å². The number of nitrogens with one attached hydrogen (secondary N) is 1. The van der Waals surface area contributed by atoms with E-state index in [-0.39, 0.29) is 18.2 Å². The number of aryl methyl sites for hydroxylation is 1. The van der Waals surface area contributed by atoms with E-state index in [9.17, 15) is 14.7 Å². The number of hydrogen-bond acceptors (Lipinski definition) is 7. The van der Waals surface area contributed by atoms with Crippen molar-refractivity contribution in [3.63, 3.8) is 0 Å². The van der Waals surface area contributed by atoms with Gasteiger partial charge in [-0.2, -0.15) is 0 Å². The van der Waals surface area contributed by atoms with Crippen LogP contribution < -0.4 is 5.32 Å². The number of aliphatic hydroxyl groups is 1. The first-order chi connectivity index (χ1) is 20.1. The van der Waals surface area contributed by atoms with Crippen LogP contribution in [0.4, 0.5) is 4.79 Å². The van der Waals surface area contributed by atoms with E-state index in [2.05, 4.69) is 21.3 Å². The van der Waals surface area contributed by atoms with Gasteiger partial charge >= 0.3 is 6.09 Å². The van der Waals surface area contributed by atoms with Crippen LogP contribution in [0.5, 0.6) is 0 Å². The average Bonchev–Trinajstić information content (AvgIpc) is 3.62. The molecule has 3 aromatic rings. The van der Waals surface area contributed by atoms with Gasteiger partial charge in [-0.05, 0) is 73.2 Å². The van der Waals surface area contributed by atoms with Gasteiger partial charge in [-0.1, -0.05) is 23.7 Å². The summed E-state index contributed by atoms with van der Waals surface area (Å²) in [6.45, 7) is 6.00. The first kappa shape index (κ1) is 28.4. The smallest absolute Gasteiger partial charge is 0.410 e. The normalized spacial score (nSPS) is 20.2. The lowest BCUT2D eigenvalue weighted by Gasteiger charge is -2.39. The van der Waals surface area contributed by atoms with Gasteiger partial charge in [-0.15, -0.1) is 0 Å². The Balaban J connectivity index is 1.43. The predicted octanol–water partition coefficient (Wildman–Crippen LogP) is 3.96. The van der Waals surface area contributed by atoms with E-state index in [1.165, 1.54) is 0 Å². The molecule has 2 amide bonds. The van der Waals surface area contributed by atoms with Crippen LogP contribution >= 0.6 is 11.6 Å². The van der Waals surface area contributed by atoms with Gasteiger partial charge in [0.15, 0.2) is 0 Å². The standard InChI is InChI=1S/C31H35ClN6O4/c1-19(2)42-30(40)38-13-11-37(12-14-38)28-22-7-6-21(32)16-23(22)24(15-20-5-4-10-34-26(20)28)27(25-17-33-18-36(25)3)35-29(39)31(41)8-9-31/h4-7,10,15-19,27-28,41H,8-9,11-14H2,1-3H3,(H,35,39)/t27-,28+/m1/s1. The number of nitrogens with zero attached hydrogens (tertiary/aromatic N) is 5. The van der Waals surface area contributed by atoms with E-state index < -0.39 is 17.6 Å². The maximum absolute atomic E-state index is 13.3. The van der Waals surface area contributed by atoms with E-state index in [0.29, 0.717) is 44.0 Å². The third-order valence-electron chi connectivity index (χ3n) is 8.22. The van der Waals surface area contributed by atoms with Crippen molar-refractivity contribution in [1.29, 1.82) is 0 Å². The summed E-state index contributed by atoms with van der Waals surface area (Å²) in [6.07, 6.45) is 7.67. The fourth-order valence-electron chi connectivity index (χ4n) is 5.80. The SMILES string of the molecule is CC(C)OC(=O)N1CCN([C@H]2c3ccc(Cl)cc3C([C@@H](NC(=O)C3(O)CC3)c3cncn3C)=Cc3cccnc32)CC1. The molecule has 3 aliphatic rings. The zero-order chi connectivity index (χ0) is 29.6. The summed E-state index contributed by atoms with van der Waals surface area (Å²) in [4.78, 5) is 39.1. The monoisotopic (exact) mass is 590 g/mol. The highest BCUT2D eigenvalue weighted by Gasteiger charge is 2.49. The second-order valence-corrected chi connectivity index (χ2v) is 12.0. The van der Waals surface area contributed by atoms with Gasteiger partial charge in [0.25, 0.3) is 5.91 Å². The molecule has 42 heavy (non-hydrogen) atoms. The fourth-order valence-corrected chi connectivity index (χ4v) is 5.98. The lowest BCUT2D eigenvalue weighted by atomic mass is 9.89. The number of pyridine rings is 1. The number of hydrogen-bond donors (Lipinski definition) is 2. The molecule has 0 unspecified atom stereocenters. The zero-order valence-corrected chi connectivity index (χ0v) is 24.7. The number of carbonyl (C=O) groups excluding carboxylic acids is 2. The molecule has 0 bridgehead atoms. The molecule has 2 fully saturated rings. The predicted molar refractivity (Wildman–Crippen MR) is 158 cm³/mol. The number of amides is 2. The van der Waals surface area contributed by atoms with Gasteiger partial charge in [0.1, 0.15) is 5.60 Å². The number of aromatic nitrogens is 3. The number of benzene rings is 1. The Kier molecular flexibility index (Phi) is 7.55. The lowest BCUT2D eigenvalue weighted by Crippen LogP contribution is -2.50. The lowest BCUT2D eigenvalue weighted by molar-refractivity contribution is -0.131. The number of rotatable bonds is 6. The highest BCUT2D eigenvalue weighted by Crippen LogP contribution is 2.45. The van der Waals surface area contributed by atoms with Crippen molar-refractivity contribution in [3.05, 3.63) is 82.2 Å². The second kappa shape index (κ2) is 11.2. The third-order valence-corrected chi connectivity index (χ3v) is 8.45. The Bertz CT molecular complexity index is 1540. The molecular formula is C31H35ClN6O4. The highest BCUT2D eigenvalue weighted by molar-refractivity contribution is 6.30. The quantitative estimate of drug-likeness (QED) is 0.447. The molecule has 11 heteroatoms. The number of carbonyl (C=O) groups is 2. The molecule has 2 aliphatic carbocycles. The van der Waals surface area contributed by atoms with E-state index in [4.69, 9.17) is 21.3 Å². The number of fused-ring (bicyclic) bond motifs is 2. The van der Waals surface area contributed by atoms with E-state index in [1.807, 2.05) is 55.8 Å². The minimum atomic E-state index is -1.35. The van der Waals surface area contributed by atoms with Gasteiger partial charge in [-0.25, -0.2) is 9.78 Å². The van der Waals surface area contributed by atoms with Crippen LogP contribution in [-0.2, 0) is 16.6 Å². The molecule has 1 saturated heterocycles. The molecule has 1 aliphatic heterocycles. The maximum Gasteiger partial charge on any atom is 0.410 e. The molecule has 10 nitrogen and oxygen atoms in total. The summed E-state index contributed by atoms with van der Waals surface area (Å²) >= 11 is 6.63. The van der Waals surface area contributed by atoms with Crippen LogP contribution in [0, 0.1) is 0 Å². The summed E-state index contributed by atoms with van der Waals surface area (Å²) < 4.78 is 7.31. The van der Waals surface area contributed by atoms with Crippen LogP contribution in [0.25, 0.3) is 11.6 Å². The summed E-state index contributed by atoms with van der Waals surface area (Å²) in [5.74, 6) is -0.408. The van der Waals surface area contributed by atoms with Gasteiger partial charge in [0.05, 0.1) is 42.1 Å². The van der Waals surface area contributed by atoms with E-state index in [0.717, 1.165) is 33.7 Å². The summed E-state index contributed by atoms with van der Waals surface area (Å²) in [7, 11) is 1.88. The van der Waals surface area contributed by atoms with Crippen LogP contribution in [0.2, 0.25) is 5.02 Å². The van der Waals surface area contributed by atoms with Crippen LogP contribution in [-0.4, -0.2) is 79.3 Å². The number of halogens is 1. The molecule has 0 radical (unpaired) electrons. The molecule has 3 heterocycles. The number of ether oxygens (including phenoxy) is 1. The third kappa shape index (κ3) is 5.42. The summed E-state index contributed by atoms with van der Waals surface area (Å²) in [5, 5.41) is 14.3. The van der Waals surface area contributed by atoms with Gasteiger partial charge in [0, 0.05) is 44.4 Å². The topological polar surface area (TPSA) is 113 Å². The summed E-state index contributed by atoms with van der Waals surface area (Å²) in [5.41, 5.74) is 3.91. The van der Waals surface area contributed by atoms with Crippen molar-refractivity contribution >= 4 is 35.3 Å². The van der Waals surface area contributed by atoms with Gasteiger partial charge in [0.2, 0.25) is 0 Å². The van der Waals surface area contributed by atoms with Crippen LogP contribution in [0.15, 0.2) is 49.1 Å². The van der Waals surface area contributed by atoms with Crippen molar-refractivity contribution in [2.45, 2.75) is 50.5 Å². The molecule has 1 aromatic carbocycles. The highest BCUT2D eigenvalue weighted by atomic mass is 35.5. The second-order valence-electron chi connectivity index (χ2n) is 11.5. The molecular weight excluding hydrogens is 556 g/mol. The average molecular weight is 591 g/mol. The van der Waals surface area contributed by atoms with Crippen molar-refractivity contribution in [2.24, 2.45) is 7.05 Å². The van der Waals surface area contributed by atoms with Crippen molar-refractivity contribution in [3.8, 4) is 0 Å². The minimum Gasteiger partial charge on any atom is -0.447 e. The Morgan fingerprint density at radius 2 is 1.93 bits per heavy atom. The first-order valence-electron chi connectivity index (χ1n) is 14.3. The largest absolute Gasteiger partial charge is 0.447 e. The molecule has 220 valence electrons. The Labute approximate surface area is 250 Å². The number of piperazine rings is 1. The van der Waals surface area contributed by atoms with Gasteiger partial charge < -0.3 is 24.6 Å². The molecule has 2 N–H and O–H groups in total. The van der Waals surface area contributed by atoms with Crippen molar-refractivity contribution in [2.75, 3.05) is 26.2 Å². The number of imidazole rings is 1. The van der Waals surface area contributed by atoms with Crippen molar-refractivity contribution in [1.82, 2.24) is 29.7 Å². The molecule has 2 aromatic heterocycles. The van der Waals surface area contributed by atoms with Crippen molar-refractivity contribution < 1.29 is 19.4 Å². The molecule has 0 spiro atoms. The Hall–Kier alpha value is -3.73. The first-order valence-corrected chi connectivity index (χ1v) is 14.7. The van der Waals surface area contributed by atoms with E-state index >= 15 is 0 Å². The van der Waals surface area contributed by atoms with Crippen LogP contribution in [0.3, 0.4) is 0 Å². The maximum atomic E-state index is 13.3. The Morgan fingerprint density at radius 1 is 1.17 bits per heavy atom. The molecule has 1 saturated carbocycles. The fraction of sp³-hybridized carbons (Fsp3) is 0.419. The summed E-state index contributed by atoms with van der Waals surface area (Å²) in [6, 6.07) is 8.92. The molecule has 6 rings (SSSR count).